The number of hydrogen-bond acceptors (Lipinski definition) is 3. The first-order chi connectivity index (χ1) is 12.2. The molecular formula is C22H33ClN2O. The van der Waals surface area contributed by atoms with Crippen molar-refractivity contribution in [3.63, 3.8) is 0 Å². The van der Waals surface area contributed by atoms with Crippen LogP contribution in [0.3, 0.4) is 0 Å². The second kappa shape index (κ2) is 8.31. The fourth-order valence-corrected chi connectivity index (χ4v) is 4.85. The van der Waals surface area contributed by atoms with E-state index >= 15 is 0 Å². The Morgan fingerprint density at radius 2 is 1.69 bits per heavy atom. The van der Waals surface area contributed by atoms with Gasteiger partial charge in [0.05, 0.1) is 6.54 Å². The van der Waals surface area contributed by atoms with Crippen LogP contribution in [0.1, 0.15) is 63.4 Å². The molecule has 1 aromatic carbocycles. The lowest BCUT2D eigenvalue weighted by atomic mass is 9.76. The van der Waals surface area contributed by atoms with E-state index in [9.17, 15) is 4.79 Å². The monoisotopic (exact) mass is 376 g/mol. The molecule has 3 aliphatic rings. The minimum atomic E-state index is 0. The van der Waals surface area contributed by atoms with Crippen LogP contribution in [0, 0.1) is 5.41 Å². The normalized spacial score (nSPS) is 22.9. The zero-order valence-electron chi connectivity index (χ0n) is 16.1. The number of benzene rings is 1. The van der Waals surface area contributed by atoms with Gasteiger partial charge >= 0.3 is 0 Å². The highest BCUT2D eigenvalue weighted by atomic mass is 35.5. The summed E-state index contributed by atoms with van der Waals surface area (Å²) >= 11 is 0. The number of ketones is 1. The number of rotatable bonds is 5. The molecule has 3 fully saturated rings. The van der Waals surface area contributed by atoms with Gasteiger partial charge in [-0.25, -0.2) is 0 Å². The highest BCUT2D eigenvalue weighted by Gasteiger charge is 2.45. The number of nitrogens with zero attached hydrogens (tertiary/aromatic N) is 2. The zero-order valence-corrected chi connectivity index (χ0v) is 16.9. The highest BCUT2D eigenvalue weighted by molar-refractivity contribution is 5.85. The van der Waals surface area contributed by atoms with Gasteiger partial charge in [-0.15, -0.1) is 12.4 Å². The molecule has 2 saturated carbocycles. The Bertz CT molecular complexity index is 610. The van der Waals surface area contributed by atoms with Crippen molar-refractivity contribution in [1.82, 2.24) is 4.90 Å². The standard InChI is InChI=1S/C22H32N2O.ClH/c1-2-19(25)17-23-13-15-24(16-14-23)21-6-4-3-5-20(21)18-7-9-22(10-8-18)11-12-22;/h3-6,18H,2,7-17H2,1H3;1H. The third-order valence-corrected chi connectivity index (χ3v) is 6.89. The molecule has 3 nitrogen and oxygen atoms in total. The molecule has 0 bridgehead atoms. The van der Waals surface area contributed by atoms with E-state index in [2.05, 4.69) is 34.1 Å². The summed E-state index contributed by atoms with van der Waals surface area (Å²) < 4.78 is 0. The van der Waals surface area contributed by atoms with Crippen molar-refractivity contribution in [2.45, 2.75) is 57.8 Å². The Balaban J connectivity index is 0.00000196. The Hall–Kier alpha value is -1.06. The molecule has 1 spiro atoms. The first-order valence-corrected chi connectivity index (χ1v) is 10.3. The first-order valence-electron chi connectivity index (χ1n) is 10.3. The molecule has 0 aromatic heterocycles. The second-order valence-corrected chi connectivity index (χ2v) is 8.49. The predicted octanol–water partition coefficient (Wildman–Crippen LogP) is 4.65. The minimum Gasteiger partial charge on any atom is -0.369 e. The summed E-state index contributed by atoms with van der Waals surface area (Å²) in [4.78, 5) is 16.6. The maximum absolute atomic E-state index is 11.7. The fraction of sp³-hybridized carbons (Fsp3) is 0.682. The molecule has 0 atom stereocenters. The molecule has 1 saturated heterocycles. The molecule has 1 heterocycles. The van der Waals surface area contributed by atoms with Crippen LogP contribution in [0.25, 0.3) is 0 Å². The van der Waals surface area contributed by atoms with Crippen LogP contribution in [-0.4, -0.2) is 43.4 Å². The van der Waals surface area contributed by atoms with E-state index in [1.807, 2.05) is 6.92 Å². The Labute approximate surface area is 164 Å². The van der Waals surface area contributed by atoms with Gasteiger partial charge in [0, 0.05) is 38.3 Å². The lowest BCUT2D eigenvalue weighted by Gasteiger charge is -2.38. The van der Waals surface area contributed by atoms with Crippen LogP contribution >= 0.6 is 12.4 Å². The molecule has 2 aliphatic carbocycles. The van der Waals surface area contributed by atoms with E-state index in [0.717, 1.165) is 37.5 Å². The zero-order chi connectivity index (χ0) is 17.3. The van der Waals surface area contributed by atoms with Gasteiger partial charge in [-0.3, -0.25) is 9.69 Å². The van der Waals surface area contributed by atoms with Gasteiger partial charge in [0.2, 0.25) is 0 Å². The molecule has 144 valence electrons. The highest BCUT2D eigenvalue weighted by Crippen LogP contribution is 2.59. The summed E-state index contributed by atoms with van der Waals surface area (Å²) in [7, 11) is 0. The van der Waals surface area contributed by atoms with Crippen molar-refractivity contribution in [3.8, 4) is 0 Å². The average molecular weight is 377 g/mol. The number of carbonyl (C=O) groups excluding carboxylic acids is 1. The van der Waals surface area contributed by atoms with Gasteiger partial charge in [-0.1, -0.05) is 25.1 Å². The summed E-state index contributed by atoms with van der Waals surface area (Å²) in [6.07, 6.45) is 9.27. The molecule has 4 rings (SSSR count). The van der Waals surface area contributed by atoms with Crippen molar-refractivity contribution in [2.75, 3.05) is 37.6 Å². The average Bonchev–Trinajstić information content (AvgIpc) is 3.42. The summed E-state index contributed by atoms with van der Waals surface area (Å²) in [5, 5.41) is 0. The van der Waals surface area contributed by atoms with Crippen LogP contribution in [-0.2, 0) is 4.79 Å². The molecule has 1 aromatic rings. The van der Waals surface area contributed by atoms with E-state index < -0.39 is 0 Å². The molecule has 0 N–H and O–H groups in total. The molecule has 0 unspecified atom stereocenters. The molecule has 1 aliphatic heterocycles. The van der Waals surface area contributed by atoms with Crippen molar-refractivity contribution >= 4 is 23.9 Å². The number of hydrogen-bond donors (Lipinski definition) is 0. The van der Waals surface area contributed by atoms with Crippen molar-refractivity contribution in [1.29, 1.82) is 0 Å². The largest absolute Gasteiger partial charge is 0.369 e. The van der Waals surface area contributed by atoms with Crippen molar-refractivity contribution < 1.29 is 4.79 Å². The topological polar surface area (TPSA) is 23.6 Å². The number of Topliss-reactive ketones (excluding diaryl/α,β-unsaturated/α-hetero) is 1. The van der Waals surface area contributed by atoms with E-state index in [-0.39, 0.29) is 12.4 Å². The summed E-state index contributed by atoms with van der Waals surface area (Å²) in [6.45, 7) is 6.71. The lowest BCUT2D eigenvalue weighted by molar-refractivity contribution is -0.119. The van der Waals surface area contributed by atoms with Crippen LogP contribution < -0.4 is 4.90 Å². The molecule has 0 amide bonds. The fourth-order valence-electron chi connectivity index (χ4n) is 4.85. The SMILES string of the molecule is CCC(=O)CN1CCN(c2ccccc2C2CCC3(CC2)CC3)CC1.Cl. The first kappa shape index (κ1) is 19.7. The smallest absolute Gasteiger partial charge is 0.146 e. The number of anilines is 1. The van der Waals surface area contributed by atoms with Gasteiger partial charge in [0.1, 0.15) is 5.78 Å². The Morgan fingerprint density at radius 1 is 1.04 bits per heavy atom. The van der Waals surface area contributed by atoms with E-state index in [1.54, 1.807) is 5.56 Å². The predicted molar refractivity (Wildman–Crippen MR) is 111 cm³/mol. The van der Waals surface area contributed by atoms with Gasteiger partial charge < -0.3 is 4.90 Å². The summed E-state index contributed by atoms with van der Waals surface area (Å²) in [5.41, 5.74) is 3.81. The maximum atomic E-state index is 11.7. The van der Waals surface area contributed by atoms with Crippen LogP contribution in [0.15, 0.2) is 24.3 Å². The molecular weight excluding hydrogens is 344 g/mol. The van der Waals surface area contributed by atoms with Gasteiger partial charge in [-0.05, 0) is 61.5 Å². The van der Waals surface area contributed by atoms with Gasteiger partial charge in [-0.2, -0.15) is 0 Å². The molecule has 0 radical (unpaired) electrons. The third-order valence-electron chi connectivity index (χ3n) is 6.89. The Morgan fingerprint density at radius 3 is 2.31 bits per heavy atom. The maximum Gasteiger partial charge on any atom is 0.146 e. The lowest BCUT2D eigenvalue weighted by Crippen LogP contribution is -2.48. The van der Waals surface area contributed by atoms with E-state index in [0.29, 0.717) is 18.7 Å². The minimum absolute atomic E-state index is 0. The number of piperazine rings is 1. The van der Waals surface area contributed by atoms with Crippen molar-refractivity contribution in [3.05, 3.63) is 29.8 Å². The number of para-hydroxylation sites is 1. The molecule has 4 heteroatoms. The molecule has 26 heavy (non-hydrogen) atoms. The number of halogens is 1. The number of carbonyl (C=O) groups is 1. The Kier molecular flexibility index (Phi) is 6.29. The van der Waals surface area contributed by atoms with Crippen LogP contribution in [0.2, 0.25) is 0 Å². The van der Waals surface area contributed by atoms with Crippen molar-refractivity contribution in [2.24, 2.45) is 5.41 Å². The second-order valence-electron chi connectivity index (χ2n) is 8.49. The van der Waals surface area contributed by atoms with Crippen LogP contribution in [0.4, 0.5) is 5.69 Å². The van der Waals surface area contributed by atoms with Gasteiger partial charge in [0.15, 0.2) is 0 Å². The third kappa shape index (κ3) is 4.26. The van der Waals surface area contributed by atoms with Crippen LogP contribution in [0.5, 0.6) is 0 Å². The van der Waals surface area contributed by atoms with E-state index in [4.69, 9.17) is 0 Å². The summed E-state index contributed by atoms with van der Waals surface area (Å²) in [6, 6.07) is 9.11. The van der Waals surface area contributed by atoms with Gasteiger partial charge in [0.25, 0.3) is 0 Å². The summed E-state index contributed by atoms with van der Waals surface area (Å²) in [5.74, 6) is 1.12. The quantitative estimate of drug-likeness (QED) is 0.747. The van der Waals surface area contributed by atoms with E-state index in [1.165, 1.54) is 44.2 Å².